The molecule has 0 aromatic carbocycles. The number of nitrogens with one attached hydrogen (secondary N) is 1. The van der Waals surface area contributed by atoms with Crippen LogP contribution in [0.15, 0.2) is 11.6 Å². The lowest BCUT2D eigenvalue weighted by atomic mass is 10.3. The smallest absolute Gasteiger partial charge is 0.207 e. The van der Waals surface area contributed by atoms with Crippen molar-refractivity contribution in [3.05, 3.63) is 11.6 Å². The lowest BCUT2D eigenvalue weighted by Crippen LogP contribution is -2.09. The molecule has 0 atom stereocenters. The summed E-state index contributed by atoms with van der Waals surface area (Å²) >= 11 is 0. The topological polar surface area (TPSA) is 29.1 Å². The van der Waals surface area contributed by atoms with Gasteiger partial charge in [0.25, 0.3) is 0 Å². The summed E-state index contributed by atoms with van der Waals surface area (Å²) in [5.41, 5.74) is 1.22. The van der Waals surface area contributed by atoms with Crippen molar-refractivity contribution in [3.63, 3.8) is 0 Å². The van der Waals surface area contributed by atoms with E-state index in [0.717, 1.165) is 0 Å². The quantitative estimate of drug-likeness (QED) is 0.326. The molecule has 2 nitrogen and oxygen atoms in total. The average Bonchev–Trinajstić information content (AvgIpc) is 1.66. The zero-order valence-electron chi connectivity index (χ0n) is 5.27. The van der Waals surface area contributed by atoms with Crippen LogP contribution in [-0.2, 0) is 4.79 Å². The zero-order chi connectivity index (χ0) is 6.41. The SMILES string of the molecule is CC(C)=CCNC=O. The van der Waals surface area contributed by atoms with Crippen LogP contribution in [0.3, 0.4) is 0 Å². The molecule has 1 amide bonds. The van der Waals surface area contributed by atoms with Crippen LogP contribution < -0.4 is 5.32 Å². The number of amides is 1. The van der Waals surface area contributed by atoms with E-state index in [4.69, 9.17) is 0 Å². The molecule has 0 aliphatic rings. The highest BCUT2D eigenvalue weighted by Crippen LogP contribution is 1.83. The molecule has 0 bridgehead atoms. The minimum Gasteiger partial charge on any atom is -0.355 e. The van der Waals surface area contributed by atoms with Crippen molar-refractivity contribution in [1.29, 1.82) is 0 Å². The van der Waals surface area contributed by atoms with Gasteiger partial charge in [-0.05, 0) is 13.8 Å². The van der Waals surface area contributed by atoms with Crippen LogP contribution in [0.2, 0.25) is 0 Å². The summed E-state index contributed by atoms with van der Waals surface area (Å²) in [6, 6.07) is 0. The molecule has 0 rings (SSSR count). The fraction of sp³-hybridized carbons (Fsp3) is 0.500. The number of allylic oxidation sites excluding steroid dienone is 1. The number of carbonyl (C=O) groups is 1. The first-order valence-corrected chi connectivity index (χ1v) is 2.57. The molecule has 0 heterocycles. The highest BCUT2D eigenvalue weighted by molar-refractivity contribution is 5.46. The molecule has 0 fully saturated rings. The van der Waals surface area contributed by atoms with Gasteiger partial charge in [0.2, 0.25) is 6.41 Å². The maximum absolute atomic E-state index is 9.65. The maximum Gasteiger partial charge on any atom is 0.207 e. The summed E-state index contributed by atoms with van der Waals surface area (Å²) in [6.07, 6.45) is 2.65. The Morgan fingerprint density at radius 2 is 2.25 bits per heavy atom. The van der Waals surface area contributed by atoms with E-state index < -0.39 is 0 Å². The van der Waals surface area contributed by atoms with Crippen LogP contribution in [0.4, 0.5) is 0 Å². The second kappa shape index (κ2) is 4.37. The predicted molar refractivity (Wildman–Crippen MR) is 33.5 cm³/mol. The van der Waals surface area contributed by atoms with E-state index in [1.54, 1.807) is 0 Å². The Bertz CT molecular complexity index is 92.7. The molecule has 0 radical (unpaired) electrons. The lowest BCUT2D eigenvalue weighted by molar-refractivity contribution is -0.109. The molecule has 0 saturated carbocycles. The van der Waals surface area contributed by atoms with Crippen molar-refractivity contribution in [1.82, 2.24) is 5.32 Å². The molecule has 8 heavy (non-hydrogen) atoms. The van der Waals surface area contributed by atoms with Gasteiger partial charge in [-0.15, -0.1) is 0 Å². The van der Waals surface area contributed by atoms with Crippen LogP contribution >= 0.6 is 0 Å². The Labute approximate surface area is 49.6 Å². The van der Waals surface area contributed by atoms with E-state index in [2.05, 4.69) is 5.32 Å². The van der Waals surface area contributed by atoms with Gasteiger partial charge in [0.1, 0.15) is 0 Å². The Hall–Kier alpha value is -0.790. The summed E-state index contributed by atoms with van der Waals surface area (Å²) in [4.78, 5) is 9.65. The monoisotopic (exact) mass is 113 g/mol. The molecule has 0 aromatic heterocycles. The van der Waals surface area contributed by atoms with Gasteiger partial charge in [0, 0.05) is 6.54 Å². The van der Waals surface area contributed by atoms with E-state index in [0.29, 0.717) is 13.0 Å². The van der Waals surface area contributed by atoms with Gasteiger partial charge in [-0.3, -0.25) is 4.79 Å². The molecule has 0 aromatic rings. The molecule has 2 heteroatoms. The summed E-state index contributed by atoms with van der Waals surface area (Å²) in [5, 5.41) is 2.52. The summed E-state index contributed by atoms with van der Waals surface area (Å²) < 4.78 is 0. The van der Waals surface area contributed by atoms with E-state index in [-0.39, 0.29) is 0 Å². The first-order valence-electron chi connectivity index (χ1n) is 2.57. The number of hydrogen-bond donors (Lipinski definition) is 1. The first kappa shape index (κ1) is 7.21. The number of rotatable bonds is 3. The molecule has 0 aliphatic heterocycles. The molecule has 46 valence electrons. The van der Waals surface area contributed by atoms with Crippen LogP contribution in [0.5, 0.6) is 0 Å². The van der Waals surface area contributed by atoms with Crippen molar-refractivity contribution in [2.45, 2.75) is 13.8 Å². The minimum absolute atomic E-state index is 0.645. The lowest BCUT2D eigenvalue weighted by Gasteiger charge is -1.88. The third-order valence-corrected chi connectivity index (χ3v) is 0.711. The molecule has 1 N–H and O–H groups in total. The maximum atomic E-state index is 9.65. The van der Waals surface area contributed by atoms with Crippen LogP contribution in [0.1, 0.15) is 13.8 Å². The number of hydrogen-bond acceptors (Lipinski definition) is 1. The van der Waals surface area contributed by atoms with Gasteiger partial charge >= 0.3 is 0 Å². The summed E-state index contributed by atoms with van der Waals surface area (Å²) in [6.45, 7) is 4.63. The Morgan fingerprint density at radius 1 is 1.62 bits per heavy atom. The van der Waals surface area contributed by atoms with E-state index in [9.17, 15) is 4.79 Å². The van der Waals surface area contributed by atoms with Gasteiger partial charge in [-0.1, -0.05) is 11.6 Å². The Balaban J connectivity index is 3.15. The second-order valence-electron chi connectivity index (χ2n) is 1.81. The molecule has 0 spiro atoms. The standard InChI is InChI=1S/C6H11NO/c1-6(2)3-4-7-5-8/h3,5H,4H2,1-2H3,(H,7,8). The van der Waals surface area contributed by atoms with Gasteiger partial charge in [-0.25, -0.2) is 0 Å². The fourth-order valence-electron chi connectivity index (χ4n) is 0.311. The van der Waals surface area contributed by atoms with Crippen molar-refractivity contribution in [2.75, 3.05) is 6.54 Å². The largest absolute Gasteiger partial charge is 0.355 e. The third-order valence-electron chi connectivity index (χ3n) is 0.711. The van der Waals surface area contributed by atoms with Gasteiger partial charge in [-0.2, -0.15) is 0 Å². The van der Waals surface area contributed by atoms with E-state index in [1.807, 2.05) is 19.9 Å². The van der Waals surface area contributed by atoms with Crippen molar-refractivity contribution in [3.8, 4) is 0 Å². The normalized spacial score (nSPS) is 7.75. The molecule has 0 unspecified atom stereocenters. The predicted octanol–water partition coefficient (Wildman–Crippen LogP) is 0.699. The van der Waals surface area contributed by atoms with Crippen LogP contribution in [0, 0.1) is 0 Å². The second-order valence-corrected chi connectivity index (χ2v) is 1.81. The molecular formula is C6H11NO. The summed E-state index contributed by atoms with van der Waals surface area (Å²) in [7, 11) is 0. The highest BCUT2D eigenvalue weighted by atomic mass is 16.1. The highest BCUT2D eigenvalue weighted by Gasteiger charge is 1.74. The van der Waals surface area contributed by atoms with E-state index in [1.165, 1.54) is 5.57 Å². The fourth-order valence-corrected chi connectivity index (χ4v) is 0.311. The molecule has 0 aliphatic carbocycles. The zero-order valence-corrected chi connectivity index (χ0v) is 5.27. The molecule has 0 saturated heterocycles. The Morgan fingerprint density at radius 3 is 2.62 bits per heavy atom. The summed E-state index contributed by atoms with van der Waals surface area (Å²) in [5.74, 6) is 0. The van der Waals surface area contributed by atoms with Crippen LogP contribution in [0.25, 0.3) is 0 Å². The van der Waals surface area contributed by atoms with Gasteiger partial charge < -0.3 is 5.32 Å². The number of carbonyl (C=O) groups excluding carboxylic acids is 1. The van der Waals surface area contributed by atoms with Crippen LogP contribution in [-0.4, -0.2) is 13.0 Å². The molecular weight excluding hydrogens is 102 g/mol. The minimum atomic E-state index is 0.645. The van der Waals surface area contributed by atoms with Crippen molar-refractivity contribution >= 4 is 6.41 Å². The average molecular weight is 113 g/mol. The Kier molecular flexibility index (Phi) is 3.94. The van der Waals surface area contributed by atoms with Gasteiger partial charge in [0.15, 0.2) is 0 Å². The van der Waals surface area contributed by atoms with Crippen molar-refractivity contribution < 1.29 is 4.79 Å². The van der Waals surface area contributed by atoms with Gasteiger partial charge in [0.05, 0.1) is 0 Å². The first-order chi connectivity index (χ1) is 3.77. The third kappa shape index (κ3) is 5.21. The van der Waals surface area contributed by atoms with Crippen molar-refractivity contribution in [2.24, 2.45) is 0 Å². The van der Waals surface area contributed by atoms with E-state index >= 15 is 0 Å².